The summed E-state index contributed by atoms with van der Waals surface area (Å²) in [4.78, 5) is 24.0. The average molecular weight is 591 g/mol. The molecule has 7 aliphatic rings. The summed E-state index contributed by atoms with van der Waals surface area (Å²) in [6.45, 7) is 9.32. The van der Waals surface area contributed by atoms with Crippen molar-refractivity contribution in [2.75, 3.05) is 13.2 Å². The van der Waals surface area contributed by atoms with E-state index in [1.54, 1.807) is 13.8 Å². The maximum atomic E-state index is 12.7. The number of hydrogen-bond donors (Lipinski definition) is 2. The molecule has 0 radical (unpaired) electrons. The van der Waals surface area contributed by atoms with Gasteiger partial charge in [-0.05, 0) is 104 Å². The molecule has 0 aromatic heterocycles. The summed E-state index contributed by atoms with van der Waals surface area (Å²) in [5.74, 6) is -0.546. The number of carbonyl (C=O) groups is 2. The maximum absolute atomic E-state index is 12.7. The van der Waals surface area contributed by atoms with Gasteiger partial charge in [0.05, 0.1) is 18.1 Å². The molecule has 9 rings (SSSR count). The second-order valence-electron chi connectivity index (χ2n) is 12.0. The number of halogens is 1. The van der Waals surface area contributed by atoms with Crippen molar-refractivity contribution in [1.82, 2.24) is 10.3 Å². The van der Waals surface area contributed by atoms with Crippen molar-refractivity contribution in [1.29, 1.82) is 0 Å². The minimum absolute atomic E-state index is 0.00101. The van der Waals surface area contributed by atoms with Crippen LogP contribution in [0.2, 0.25) is 5.02 Å². The van der Waals surface area contributed by atoms with Gasteiger partial charge in [-0.1, -0.05) is 47.2 Å². The Balaban J connectivity index is 1.62. The van der Waals surface area contributed by atoms with Gasteiger partial charge in [-0.25, -0.2) is 0 Å². The molecule has 2 N–H and O–H groups in total. The van der Waals surface area contributed by atoms with Gasteiger partial charge in [0.15, 0.2) is 0 Å². The molecule has 6 aliphatic heterocycles. The quantitative estimate of drug-likeness (QED) is 0.395. The third kappa shape index (κ3) is 5.82. The number of carbonyl (C=O) groups excluding carboxylic acids is 1. The van der Waals surface area contributed by atoms with E-state index >= 15 is 0 Å². The van der Waals surface area contributed by atoms with Gasteiger partial charge in [0.2, 0.25) is 6.41 Å². The SMILES string of the molecule is CC1=C2C=CC3C1N=NN3CCCCOc1cc(C)c(c(Cl)c1)CCc1ccc(cc1CNC=O)C2C(C)(C)C(=O)O. The van der Waals surface area contributed by atoms with E-state index in [4.69, 9.17) is 16.3 Å². The fourth-order valence-electron chi connectivity index (χ4n) is 6.44. The number of benzene rings is 2. The van der Waals surface area contributed by atoms with Crippen LogP contribution >= 0.6 is 11.6 Å². The Morgan fingerprint density at radius 2 is 2.02 bits per heavy atom. The zero-order chi connectivity index (χ0) is 30.0. The van der Waals surface area contributed by atoms with Crippen molar-refractivity contribution in [3.05, 3.63) is 86.5 Å². The van der Waals surface area contributed by atoms with Gasteiger partial charge < -0.3 is 15.2 Å². The highest BCUT2D eigenvalue weighted by Crippen LogP contribution is 2.46. The number of nitrogens with one attached hydrogen (secondary N) is 1. The van der Waals surface area contributed by atoms with Gasteiger partial charge in [0.25, 0.3) is 0 Å². The van der Waals surface area contributed by atoms with E-state index in [0.717, 1.165) is 70.5 Å². The maximum Gasteiger partial charge on any atom is 0.310 e. The summed E-state index contributed by atoms with van der Waals surface area (Å²) < 4.78 is 6.05. The Labute approximate surface area is 252 Å². The molecule has 3 unspecified atom stereocenters. The third-order valence-corrected chi connectivity index (χ3v) is 9.28. The van der Waals surface area contributed by atoms with Gasteiger partial charge in [0.1, 0.15) is 11.8 Å². The molecule has 6 heterocycles. The van der Waals surface area contributed by atoms with Crippen LogP contribution in [-0.4, -0.2) is 47.7 Å². The van der Waals surface area contributed by atoms with Crippen molar-refractivity contribution < 1.29 is 19.4 Å². The van der Waals surface area contributed by atoms with Crippen molar-refractivity contribution in [3.63, 3.8) is 0 Å². The van der Waals surface area contributed by atoms with E-state index in [2.05, 4.69) is 39.9 Å². The summed E-state index contributed by atoms with van der Waals surface area (Å²) >= 11 is 6.74. The first-order valence-electron chi connectivity index (χ1n) is 14.6. The molecule has 42 heavy (non-hydrogen) atoms. The van der Waals surface area contributed by atoms with Crippen LogP contribution in [0.4, 0.5) is 0 Å². The standard InChI is InChI=1S/C33H39ClN4O4/c1-20-15-25-17-28(34)26(20)10-9-22-7-8-23(16-24(22)18-35-19-39)30(33(3,4)32(40)41)27-11-12-29-31(21(27)2)36-37-38(29)13-5-6-14-42-25/h7-8,11-12,15-17,19,29-31H,5-6,9-10,13-14,18H2,1-4H3,(H,35,39)(H,40,41). The molecule has 8 nitrogen and oxygen atoms in total. The fraction of sp³-hybridized carbons (Fsp3) is 0.455. The molecule has 0 saturated heterocycles. The summed E-state index contributed by atoms with van der Waals surface area (Å²) in [5, 5.41) is 25.0. The summed E-state index contributed by atoms with van der Waals surface area (Å²) in [5.41, 5.74) is 5.93. The predicted molar refractivity (Wildman–Crippen MR) is 163 cm³/mol. The van der Waals surface area contributed by atoms with Gasteiger partial charge in [0, 0.05) is 24.0 Å². The number of amides is 1. The minimum atomic E-state index is -1.11. The molecule has 1 amide bonds. The van der Waals surface area contributed by atoms with Crippen LogP contribution in [0.25, 0.3) is 0 Å². The molecule has 0 spiro atoms. The lowest BCUT2D eigenvalue weighted by molar-refractivity contribution is -0.147. The first kappa shape index (κ1) is 29.8. The molecule has 222 valence electrons. The van der Waals surface area contributed by atoms with E-state index in [1.807, 2.05) is 37.1 Å². The van der Waals surface area contributed by atoms with Crippen molar-refractivity contribution in [2.45, 2.75) is 77.9 Å². The number of rotatable bonds is 5. The van der Waals surface area contributed by atoms with E-state index in [-0.39, 0.29) is 12.1 Å². The number of allylic oxidation sites excluding steroid dienone is 2. The van der Waals surface area contributed by atoms with Gasteiger partial charge in [-0.15, -0.1) is 0 Å². The van der Waals surface area contributed by atoms with E-state index in [9.17, 15) is 14.7 Å². The fourth-order valence-corrected chi connectivity index (χ4v) is 6.80. The highest BCUT2D eigenvalue weighted by molar-refractivity contribution is 6.31. The minimum Gasteiger partial charge on any atom is -0.494 e. The Hall–Kier alpha value is -3.65. The van der Waals surface area contributed by atoms with E-state index in [1.165, 1.54) is 0 Å². The lowest BCUT2D eigenvalue weighted by atomic mass is 9.67. The van der Waals surface area contributed by atoms with Gasteiger partial charge in [-0.3, -0.25) is 14.6 Å². The molecule has 8 bridgehead atoms. The van der Waals surface area contributed by atoms with Crippen LogP contribution in [-0.2, 0) is 29.0 Å². The van der Waals surface area contributed by atoms with Crippen LogP contribution in [0, 0.1) is 12.3 Å². The molecular weight excluding hydrogens is 552 g/mol. The number of carboxylic acid groups (broad SMARTS) is 1. The van der Waals surface area contributed by atoms with Crippen molar-refractivity contribution >= 4 is 24.0 Å². The first-order chi connectivity index (χ1) is 20.1. The molecule has 2 aromatic rings. The summed E-state index contributed by atoms with van der Waals surface area (Å²) in [7, 11) is 0. The Morgan fingerprint density at radius 1 is 1.21 bits per heavy atom. The number of aliphatic carboxylic acids is 1. The Kier molecular flexibility index (Phi) is 8.73. The van der Waals surface area contributed by atoms with Crippen molar-refractivity contribution in [2.24, 2.45) is 15.8 Å². The lowest BCUT2D eigenvalue weighted by Crippen LogP contribution is -2.39. The predicted octanol–water partition coefficient (Wildman–Crippen LogP) is 6.35. The molecule has 0 fully saturated rings. The Morgan fingerprint density at radius 3 is 2.76 bits per heavy atom. The van der Waals surface area contributed by atoms with Crippen molar-refractivity contribution in [3.8, 4) is 5.75 Å². The largest absolute Gasteiger partial charge is 0.494 e. The number of ether oxygens (including phenoxy) is 1. The number of carboxylic acids is 1. The number of aryl methyl sites for hydroxylation is 2. The van der Waals surface area contributed by atoms with E-state index < -0.39 is 17.3 Å². The van der Waals surface area contributed by atoms with Gasteiger partial charge >= 0.3 is 5.97 Å². The normalized spacial score (nSPS) is 22.3. The lowest BCUT2D eigenvalue weighted by Gasteiger charge is -2.37. The molecule has 9 heteroatoms. The number of hydrogen-bond acceptors (Lipinski definition) is 6. The highest BCUT2D eigenvalue weighted by Gasteiger charge is 2.44. The topological polar surface area (TPSA) is 104 Å². The molecule has 1 aliphatic carbocycles. The monoisotopic (exact) mass is 590 g/mol. The number of fused-ring (bicyclic) bond motifs is 1. The molecule has 2 aromatic carbocycles. The van der Waals surface area contributed by atoms with E-state index in [0.29, 0.717) is 31.0 Å². The summed E-state index contributed by atoms with van der Waals surface area (Å²) in [6, 6.07) is 9.92. The van der Waals surface area contributed by atoms with Gasteiger partial charge in [-0.2, -0.15) is 5.11 Å². The van der Waals surface area contributed by atoms with Crippen LogP contribution in [0.15, 0.2) is 64.0 Å². The second kappa shape index (κ2) is 12.3. The zero-order valence-corrected chi connectivity index (χ0v) is 25.4. The first-order valence-corrected chi connectivity index (χ1v) is 15.0. The highest BCUT2D eigenvalue weighted by atomic mass is 35.5. The Bertz CT molecular complexity index is 1440. The molecule has 3 atom stereocenters. The average Bonchev–Trinajstić information content (AvgIpc) is 3.36. The van der Waals surface area contributed by atoms with Crippen LogP contribution in [0.1, 0.15) is 67.3 Å². The van der Waals surface area contributed by atoms with Crippen LogP contribution in [0.5, 0.6) is 5.75 Å². The van der Waals surface area contributed by atoms with Crippen LogP contribution < -0.4 is 10.1 Å². The number of nitrogens with zero attached hydrogens (tertiary/aromatic N) is 3. The van der Waals surface area contributed by atoms with Crippen LogP contribution in [0.3, 0.4) is 0 Å². The third-order valence-electron chi connectivity index (χ3n) is 8.94. The molecular formula is C33H39ClN4O4. The smallest absolute Gasteiger partial charge is 0.310 e. The zero-order valence-electron chi connectivity index (χ0n) is 24.7. The second-order valence-corrected chi connectivity index (χ2v) is 12.5. The molecule has 0 saturated carbocycles. The summed E-state index contributed by atoms with van der Waals surface area (Å²) in [6.07, 6.45) is 8.08.